The zero-order valence-electron chi connectivity index (χ0n) is 13.0. The van der Waals surface area contributed by atoms with Crippen molar-refractivity contribution in [2.45, 2.75) is 32.2 Å². The molecular formula is C15H31N3O. The van der Waals surface area contributed by atoms with Gasteiger partial charge < -0.3 is 15.0 Å². The molecule has 0 radical (unpaired) electrons. The van der Waals surface area contributed by atoms with Gasteiger partial charge in [0.15, 0.2) is 0 Å². The summed E-state index contributed by atoms with van der Waals surface area (Å²) in [6.45, 7) is 10.4. The number of ether oxygens (including phenoxy) is 1. The Morgan fingerprint density at radius 2 is 1.89 bits per heavy atom. The third-order valence-electron chi connectivity index (χ3n) is 4.82. The molecule has 0 spiro atoms. The van der Waals surface area contributed by atoms with Crippen LogP contribution in [-0.2, 0) is 4.74 Å². The molecule has 19 heavy (non-hydrogen) atoms. The SMILES string of the molecule is COCC1(CNC(C)CN2CCN(C)CC2)CCC1. The zero-order chi connectivity index (χ0) is 13.7. The third kappa shape index (κ3) is 4.42. The summed E-state index contributed by atoms with van der Waals surface area (Å²) >= 11 is 0. The van der Waals surface area contributed by atoms with Crippen LogP contribution in [0.25, 0.3) is 0 Å². The van der Waals surface area contributed by atoms with Gasteiger partial charge in [0.2, 0.25) is 0 Å². The number of likely N-dealkylation sites (N-methyl/N-ethyl adjacent to an activating group) is 1. The molecule has 1 N–H and O–H groups in total. The van der Waals surface area contributed by atoms with Gasteiger partial charge in [-0.1, -0.05) is 6.42 Å². The van der Waals surface area contributed by atoms with Crippen LogP contribution < -0.4 is 5.32 Å². The largest absolute Gasteiger partial charge is 0.384 e. The van der Waals surface area contributed by atoms with E-state index < -0.39 is 0 Å². The van der Waals surface area contributed by atoms with Crippen LogP contribution in [0.4, 0.5) is 0 Å². The molecule has 0 bridgehead atoms. The minimum atomic E-state index is 0.436. The summed E-state index contributed by atoms with van der Waals surface area (Å²) in [6, 6.07) is 0.581. The van der Waals surface area contributed by atoms with E-state index in [9.17, 15) is 0 Å². The number of hydrogen-bond donors (Lipinski definition) is 1. The van der Waals surface area contributed by atoms with E-state index in [4.69, 9.17) is 4.74 Å². The third-order valence-corrected chi connectivity index (χ3v) is 4.82. The molecule has 1 atom stereocenters. The van der Waals surface area contributed by atoms with E-state index in [1.54, 1.807) is 0 Å². The minimum Gasteiger partial charge on any atom is -0.384 e. The van der Waals surface area contributed by atoms with Gasteiger partial charge in [-0.2, -0.15) is 0 Å². The summed E-state index contributed by atoms with van der Waals surface area (Å²) in [5, 5.41) is 3.73. The first-order chi connectivity index (χ1) is 9.13. The van der Waals surface area contributed by atoms with E-state index in [0.717, 1.165) is 13.2 Å². The van der Waals surface area contributed by atoms with Crippen LogP contribution in [0, 0.1) is 5.41 Å². The molecule has 4 nitrogen and oxygen atoms in total. The maximum absolute atomic E-state index is 5.39. The summed E-state index contributed by atoms with van der Waals surface area (Å²) in [5.74, 6) is 0. The molecule has 2 aliphatic rings. The molecule has 0 amide bonds. The van der Waals surface area contributed by atoms with Crippen LogP contribution in [0.5, 0.6) is 0 Å². The number of hydrogen-bond acceptors (Lipinski definition) is 4. The molecule has 0 aromatic heterocycles. The molecule has 112 valence electrons. The number of nitrogens with zero attached hydrogens (tertiary/aromatic N) is 2. The molecule has 0 aromatic rings. The first-order valence-electron chi connectivity index (χ1n) is 7.77. The molecule has 1 aliphatic heterocycles. The van der Waals surface area contributed by atoms with Gasteiger partial charge >= 0.3 is 0 Å². The van der Waals surface area contributed by atoms with E-state index in [-0.39, 0.29) is 0 Å². The van der Waals surface area contributed by atoms with Gasteiger partial charge in [0, 0.05) is 57.8 Å². The number of nitrogens with one attached hydrogen (secondary N) is 1. The highest BCUT2D eigenvalue weighted by Gasteiger charge is 2.36. The van der Waals surface area contributed by atoms with Gasteiger partial charge in [-0.15, -0.1) is 0 Å². The topological polar surface area (TPSA) is 27.7 Å². The number of rotatable bonds is 7. The van der Waals surface area contributed by atoms with Gasteiger partial charge in [-0.25, -0.2) is 0 Å². The summed E-state index contributed by atoms with van der Waals surface area (Å²) in [5.41, 5.74) is 0.436. The quantitative estimate of drug-likeness (QED) is 0.747. The summed E-state index contributed by atoms with van der Waals surface area (Å²) in [4.78, 5) is 5.00. The lowest BCUT2D eigenvalue weighted by atomic mass is 9.69. The van der Waals surface area contributed by atoms with E-state index in [2.05, 4.69) is 29.1 Å². The monoisotopic (exact) mass is 269 g/mol. The fraction of sp³-hybridized carbons (Fsp3) is 1.00. The molecule has 1 aliphatic carbocycles. The van der Waals surface area contributed by atoms with Crippen LogP contribution in [0.2, 0.25) is 0 Å². The summed E-state index contributed by atoms with van der Waals surface area (Å²) in [6.07, 6.45) is 4.03. The van der Waals surface area contributed by atoms with Crippen molar-refractivity contribution in [3.63, 3.8) is 0 Å². The standard InChI is InChI=1S/C15H31N3O/c1-14(11-18-9-7-17(2)8-10-18)16-12-15(13-19-3)5-4-6-15/h14,16H,4-13H2,1-3H3. The minimum absolute atomic E-state index is 0.436. The lowest BCUT2D eigenvalue weighted by Gasteiger charge is -2.42. The van der Waals surface area contributed by atoms with Gasteiger partial charge in [0.1, 0.15) is 0 Å². The maximum Gasteiger partial charge on any atom is 0.0530 e. The van der Waals surface area contributed by atoms with Crippen molar-refractivity contribution in [1.82, 2.24) is 15.1 Å². The second-order valence-electron chi connectivity index (χ2n) is 6.67. The fourth-order valence-corrected chi connectivity index (χ4v) is 3.23. The first kappa shape index (κ1) is 15.2. The summed E-state index contributed by atoms with van der Waals surface area (Å²) < 4.78 is 5.39. The Balaban J connectivity index is 1.65. The Kier molecular flexibility index (Phi) is 5.63. The van der Waals surface area contributed by atoms with Crippen molar-refractivity contribution in [2.24, 2.45) is 5.41 Å². The van der Waals surface area contributed by atoms with E-state index in [1.807, 2.05) is 7.11 Å². The molecule has 1 saturated carbocycles. The Morgan fingerprint density at radius 1 is 1.21 bits per heavy atom. The molecule has 1 unspecified atom stereocenters. The van der Waals surface area contributed by atoms with Crippen molar-refractivity contribution in [2.75, 3.05) is 60.0 Å². The highest BCUT2D eigenvalue weighted by molar-refractivity contribution is 4.90. The maximum atomic E-state index is 5.39. The zero-order valence-corrected chi connectivity index (χ0v) is 13.0. The predicted molar refractivity (Wildman–Crippen MR) is 79.6 cm³/mol. The molecule has 0 aromatic carbocycles. The van der Waals surface area contributed by atoms with Crippen molar-refractivity contribution in [3.8, 4) is 0 Å². The molecule has 2 rings (SSSR count). The first-order valence-corrected chi connectivity index (χ1v) is 7.77. The molecule has 2 fully saturated rings. The average Bonchev–Trinajstić information content (AvgIpc) is 2.35. The van der Waals surface area contributed by atoms with Gasteiger partial charge in [-0.05, 0) is 26.8 Å². The van der Waals surface area contributed by atoms with Gasteiger partial charge in [0.25, 0.3) is 0 Å². The molecule has 4 heteroatoms. The Bertz CT molecular complexity index is 260. The Labute approximate surface area is 118 Å². The van der Waals surface area contributed by atoms with Gasteiger partial charge in [0.05, 0.1) is 6.61 Å². The average molecular weight is 269 g/mol. The smallest absolute Gasteiger partial charge is 0.0530 e. The second-order valence-corrected chi connectivity index (χ2v) is 6.67. The van der Waals surface area contributed by atoms with E-state index in [0.29, 0.717) is 11.5 Å². The van der Waals surface area contributed by atoms with Crippen LogP contribution >= 0.6 is 0 Å². The Morgan fingerprint density at radius 3 is 2.42 bits per heavy atom. The van der Waals surface area contributed by atoms with E-state index >= 15 is 0 Å². The van der Waals surface area contributed by atoms with Crippen molar-refractivity contribution < 1.29 is 4.74 Å². The van der Waals surface area contributed by atoms with Crippen molar-refractivity contribution in [3.05, 3.63) is 0 Å². The van der Waals surface area contributed by atoms with Crippen molar-refractivity contribution in [1.29, 1.82) is 0 Å². The number of methoxy groups -OCH3 is 1. The molecular weight excluding hydrogens is 238 g/mol. The fourth-order valence-electron chi connectivity index (χ4n) is 3.23. The second kappa shape index (κ2) is 7.02. The van der Waals surface area contributed by atoms with Crippen LogP contribution in [0.15, 0.2) is 0 Å². The van der Waals surface area contributed by atoms with Crippen LogP contribution in [0.1, 0.15) is 26.2 Å². The molecule has 1 saturated heterocycles. The lowest BCUT2D eigenvalue weighted by Crippen LogP contribution is -2.51. The van der Waals surface area contributed by atoms with E-state index in [1.165, 1.54) is 52.0 Å². The predicted octanol–water partition coefficient (Wildman–Crippen LogP) is 1.03. The van der Waals surface area contributed by atoms with Crippen LogP contribution in [0.3, 0.4) is 0 Å². The lowest BCUT2D eigenvalue weighted by molar-refractivity contribution is 0.0150. The molecule has 1 heterocycles. The summed E-state index contributed by atoms with van der Waals surface area (Å²) in [7, 11) is 4.04. The number of piperazine rings is 1. The normalized spacial score (nSPS) is 26.1. The van der Waals surface area contributed by atoms with Crippen LogP contribution in [-0.4, -0.2) is 75.9 Å². The highest BCUT2D eigenvalue weighted by Crippen LogP contribution is 2.40. The Hall–Kier alpha value is -0.160. The van der Waals surface area contributed by atoms with Crippen molar-refractivity contribution >= 4 is 0 Å². The van der Waals surface area contributed by atoms with Gasteiger partial charge in [-0.3, -0.25) is 4.90 Å². The highest BCUT2D eigenvalue weighted by atomic mass is 16.5.